The summed E-state index contributed by atoms with van der Waals surface area (Å²) >= 11 is 0. The topological polar surface area (TPSA) is 269 Å². The highest BCUT2D eigenvalue weighted by atomic mass is 31.2. The molecule has 7 unspecified atom stereocenters. The second kappa shape index (κ2) is 34.9. The molecular formula is C47H80O17P2. The van der Waals surface area contributed by atoms with E-state index in [0.29, 0.717) is 19.3 Å². The number of carbonyl (C=O) groups is 2. The lowest BCUT2D eigenvalue weighted by atomic mass is 9.85. The molecule has 0 aromatic carbocycles. The lowest BCUT2D eigenvalue weighted by Crippen LogP contribution is -2.64. The zero-order valence-corrected chi connectivity index (χ0v) is 40.8. The van der Waals surface area contributed by atoms with Gasteiger partial charge in [0.15, 0.2) is 6.10 Å². The fourth-order valence-corrected chi connectivity index (χ4v) is 8.68. The van der Waals surface area contributed by atoms with Gasteiger partial charge in [0.1, 0.15) is 43.2 Å². The number of esters is 2. The molecule has 1 aliphatic carbocycles. The van der Waals surface area contributed by atoms with Gasteiger partial charge in [-0.1, -0.05) is 120 Å². The summed E-state index contributed by atoms with van der Waals surface area (Å²) in [6.45, 7) is 2.97. The van der Waals surface area contributed by atoms with E-state index in [2.05, 4.69) is 79.1 Å². The molecule has 10 atom stereocenters. The molecule has 2 fully saturated rings. The molecule has 1 heterocycles. The third-order valence-corrected chi connectivity index (χ3v) is 12.5. The average Bonchev–Trinajstić information content (AvgIpc) is 4.03. The van der Waals surface area contributed by atoms with Crippen LogP contribution in [-0.4, -0.2) is 115 Å². The molecule has 380 valence electrons. The Morgan fingerprint density at radius 3 is 1.64 bits per heavy atom. The number of aliphatic hydroxyl groups is 4. The second-order valence-corrected chi connectivity index (χ2v) is 19.5. The highest BCUT2D eigenvalue weighted by Crippen LogP contribution is 2.49. The molecule has 0 aromatic heterocycles. The predicted molar refractivity (Wildman–Crippen MR) is 250 cm³/mol. The van der Waals surface area contributed by atoms with Gasteiger partial charge in [-0.05, 0) is 83.5 Å². The van der Waals surface area contributed by atoms with Crippen molar-refractivity contribution in [3.05, 3.63) is 60.8 Å². The van der Waals surface area contributed by atoms with Gasteiger partial charge < -0.3 is 49.3 Å². The van der Waals surface area contributed by atoms with Crippen molar-refractivity contribution in [1.82, 2.24) is 0 Å². The molecule has 0 amide bonds. The fourth-order valence-electron chi connectivity index (χ4n) is 7.14. The number of carbonyl (C=O) groups excluding carboxylic acids is 2. The maximum Gasteiger partial charge on any atom is 0.472 e. The Kier molecular flexibility index (Phi) is 31.6. The molecule has 1 aliphatic heterocycles. The largest absolute Gasteiger partial charge is 0.472 e. The molecule has 7 N–H and O–H groups in total. The van der Waals surface area contributed by atoms with E-state index >= 15 is 0 Å². The average molecular weight is 979 g/mol. The van der Waals surface area contributed by atoms with Gasteiger partial charge in [0, 0.05) is 12.8 Å². The third-order valence-electron chi connectivity index (χ3n) is 11.0. The van der Waals surface area contributed by atoms with Gasteiger partial charge in [-0.15, -0.1) is 0 Å². The summed E-state index contributed by atoms with van der Waals surface area (Å²) in [5.41, 5.74) is 0. The third kappa shape index (κ3) is 28.2. The monoisotopic (exact) mass is 978 g/mol. The zero-order valence-electron chi connectivity index (χ0n) is 39.0. The minimum Gasteiger partial charge on any atom is -0.462 e. The molecule has 0 spiro atoms. The van der Waals surface area contributed by atoms with Gasteiger partial charge in [0.05, 0.1) is 18.8 Å². The van der Waals surface area contributed by atoms with Gasteiger partial charge in [0.2, 0.25) is 0 Å². The molecule has 1 saturated carbocycles. The molecule has 2 rings (SSSR count). The summed E-state index contributed by atoms with van der Waals surface area (Å²) in [4.78, 5) is 54.4. The Bertz CT molecular complexity index is 1580. The Labute approximate surface area is 392 Å². The van der Waals surface area contributed by atoms with Crippen LogP contribution in [0.2, 0.25) is 0 Å². The molecule has 66 heavy (non-hydrogen) atoms. The number of unbranched alkanes of at least 4 members (excludes halogenated alkanes) is 11. The van der Waals surface area contributed by atoms with E-state index in [1.54, 1.807) is 0 Å². The highest BCUT2D eigenvalue weighted by molar-refractivity contribution is 7.47. The summed E-state index contributed by atoms with van der Waals surface area (Å²) in [5.74, 6) is -1.30. The number of hydrogen-bond donors (Lipinski definition) is 7. The molecule has 19 heteroatoms. The lowest BCUT2D eigenvalue weighted by Gasteiger charge is -2.43. The van der Waals surface area contributed by atoms with Crippen molar-refractivity contribution in [2.24, 2.45) is 0 Å². The number of allylic oxidation sites excluding steroid dienone is 9. The Balaban J connectivity index is 1.84. The first-order valence-corrected chi connectivity index (χ1v) is 27.0. The van der Waals surface area contributed by atoms with E-state index in [1.807, 2.05) is 0 Å². The number of hydrogen-bond acceptors (Lipinski definition) is 14. The van der Waals surface area contributed by atoms with Crippen molar-refractivity contribution < 1.29 is 81.6 Å². The van der Waals surface area contributed by atoms with Crippen LogP contribution in [0.4, 0.5) is 0 Å². The van der Waals surface area contributed by atoms with E-state index < -0.39 is 83.5 Å². The van der Waals surface area contributed by atoms with Crippen LogP contribution in [0, 0.1) is 0 Å². The standard InChI is InChI=1S/C47H80O17P2/c1-3-5-7-9-11-13-15-17-18-19-21-23-25-27-29-33-40(48)59-35-37(36-60-66(57,58)64-47-44(52)42(50)43(51)46(45(47)53)63-65(54,55)56)61-41(49)34-30-32-39-38(62-39)31-28-26-24-22-20-16-14-12-10-8-6-4-2/h11-14,17-18,20,22,26,28,37-39,42-47,50-53H,3-10,15-16,19,21,23-25,27,29-36H2,1-2H3,(H,57,58)(H2,54,55,56)/b13-11-,14-12-,18-17-,22-20-,28-26-/t37-,38?,39?,42?,43?,44?,45?,46-,47+/m1/s1. The van der Waals surface area contributed by atoms with E-state index in [0.717, 1.165) is 70.6 Å². The van der Waals surface area contributed by atoms with Crippen molar-refractivity contribution in [2.75, 3.05) is 13.2 Å². The van der Waals surface area contributed by atoms with Gasteiger partial charge in [-0.3, -0.25) is 23.2 Å². The predicted octanol–water partition coefficient (Wildman–Crippen LogP) is 8.05. The van der Waals surface area contributed by atoms with Crippen LogP contribution in [0.15, 0.2) is 60.8 Å². The van der Waals surface area contributed by atoms with E-state index in [-0.39, 0.29) is 25.0 Å². The Morgan fingerprint density at radius 1 is 0.561 bits per heavy atom. The van der Waals surface area contributed by atoms with Crippen LogP contribution in [-0.2, 0) is 46.5 Å². The van der Waals surface area contributed by atoms with E-state index in [9.17, 15) is 53.8 Å². The van der Waals surface area contributed by atoms with Crippen molar-refractivity contribution in [3.8, 4) is 0 Å². The van der Waals surface area contributed by atoms with Crippen LogP contribution in [0.25, 0.3) is 0 Å². The summed E-state index contributed by atoms with van der Waals surface area (Å²) in [6, 6.07) is 0. The number of aliphatic hydroxyl groups excluding tert-OH is 4. The van der Waals surface area contributed by atoms with Crippen LogP contribution in [0.3, 0.4) is 0 Å². The SMILES string of the molecule is CCCCC/C=C\C/C=C\C/C=C\CC1OC1CCCC(=O)O[C@H](COC(=O)CCCCCCC/C=C\C/C=C\CCCCC)COP(=O)(O)O[C@H]1C(O)C(O)C(O)[C@@H](OP(=O)(O)O)C1O. The summed E-state index contributed by atoms with van der Waals surface area (Å²) in [7, 11) is -10.7. The maximum absolute atomic E-state index is 13.0. The summed E-state index contributed by atoms with van der Waals surface area (Å²) < 4.78 is 55.1. The summed E-state index contributed by atoms with van der Waals surface area (Å²) in [5, 5.41) is 41.3. The number of epoxide rings is 1. The molecule has 2 aliphatic rings. The quantitative estimate of drug-likeness (QED) is 0.0101. The van der Waals surface area contributed by atoms with Crippen molar-refractivity contribution in [3.63, 3.8) is 0 Å². The number of rotatable bonds is 38. The smallest absolute Gasteiger partial charge is 0.462 e. The number of phosphoric acid groups is 2. The van der Waals surface area contributed by atoms with Crippen molar-refractivity contribution in [2.45, 2.75) is 210 Å². The minimum absolute atomic E-state index is 0.0145. The lowest BCUT2D eigenvalue weighted by molar-refractivity contribution is -0.216. The molecule has 0 radical (unpaired) electrons. The van der Waals surface area contributed by atoms with Crippen LogP contribution in [0.5, 0.6) is 0 Å². The summed E-state index contributed by atoms with van der Waals surface area (Å²) in [6.07, 6.45) is 26.2. The highest BCUT2D eigenvalue weighted by Gasteiger charge is 2.54. The number of phosphoric ester groups is 2. The van der Waals surface area contributed by atoms with Gasteiger partial charge >= 0.3 is 27.6 Å². The Morgan fingerprint density at radius 2 is 1.06 bits per heavy atom. The normalized spacial score (nSPS) is 25.1. The van der Waals surface area contributed by atoms with Crippen molar-refractivity contribution in [1.29, 1.82) is 0 Å². The van der Waals surface area contributed by atoms with E-state index in [1.165, 1.54) is 38.5 Å². The maximum atomic E-state index is 13.0. The van der Waals surface area contributed by atoms with Gasteiger partial charge in [-0.2, -0.15) is 0 Å². The first kappa shape index (κ1) is 59.8. The molecule has 17 nitrogen and oxygen atoms in total. The zero-order chi connectivity index (χ0) is 48.6. The molecular weight excluding hydrogens is 898 g/mol. The molecule has 1 saturated heterocycles. The molecule has 0 bridgehead atoms. The number of ether oxygens (including phenoxy) is 3. The first-order valence-electron chi connectivity index (χ1n) is 24.0. The van der Waals surface area contributed by atoms with E-state index in [4.69, 9.17) is 23.3 Å². The van der Waals surface area contributed by atoms with Crippen LogP contribution < -0.4 is 0 Å². The van der Waals surface area contributed by atoms with Gasteiger partial charge in [-0.25, -0.2) is 9.13 Å². The van der Waals surface area contributed by atoms with Crippen LogP contribution >= 0.6 is 15.6 Å². The fraction of sp³-hybridized carbons (Fsp3) is 0.745. The van der Waals surface area contributed by atoms with Gasteiger partial charge in [0.25, 0.3) is 0 Å². The molecule has 0 aromatic rings. The second-order valence-electron chi connectivity index (χ2n) is 16.9. The first-order chi connectivity index (χ1) is 31.6. The Hall–Kier alpha value is -2.34. The van der Waals surface area contributed by atoms with Crippen LogP contribution in [0.1, 0.15) is 155 Å². The minimum atomic E-state index is -5.38. The van der Waals surface area contributed by atoms with Crippen molar-refractivity contribution >= 4 is 27.6 Å².